The molecular weight excluding hydrogens is 350 g/mol. The fourth-order valence-corrected chi connectivity index (χ4v) is 2.64. The van der Waals surface area contributed by atoms with Crippen LogP contribution < -0.4 is 16.0 Å². The van der Waals surface area contributed by atoms with Crippen LogP contribution in [-0.2, 0) is 19.1 Å². The molecule has 1 aliphatic heterocycles. The van der Waals surface area contributed by atoms with E-state index in [2.05, 4.69) is 16.0 Å². The van der Waals surface area contributed by atoms with Gasteiger partial charge in [-0.15, -0.1) is 0 Å². The molecule has 1 heterocycles. The molecule has 0 aliphatic carbocycles. The maximum absolute atomic E-state index is 12.3. The molecule has 1 aliphatic rings. The van der Waals surface area contributed by atoms with Gasteiger partial charge >= 0.3 is 12.0 Å². The van der Waals surface area contributed by atoms with Gasteiger partial charge in [0.2, 0.25) is 0 Å². The molecule has 1 aromatic rings. The van der Waals surface area contributed by atoms with Gasteiger partial charge in [-0.25, -0.2) is 9.59 Å². The van der Waals surface area contributed by atoms with Gasteiger partial charge in [0.1, 0.15) is 6.04 Å². The van der Waals surface area contributed by atoms with Crippen LogP contribution in [0.2, 0.25) is 0 Å². The summed E-state index contributed by atoms with van der Waals surface area (Å²) in [6, 6.07) is 7.51. The number of benzene rings is 1. The Morgan fingerprint density at radius 3 is 2.59 bits per heavy atom. The normalized spacial score (nSPS) is 17.2. The molecule has 27 heavy (non-hydrogen) atoms. The minimum absolute atomic E-state index is 0.0245. The summed E-state index contributed by atoms with van der Waals surface area (Å²) in [5.74, 6) is -1.25. The Morgan fingerprint density at radius 1 is 1.22 bits per heavy atom. The lowest BCUT2D eigenvalue weighted by atomic mass is 10.1. The molecule has 148 valence electrons. The van der Waals surface area contributed by atoms with E-state index >= 15 is 0 Å². The standard InChI is InChI=1S/C19H27N3O5/c1-13(2)17(22-19(25)21-14-7-4-3-5-8-14)18(24)27-12-16(23)20-11-15-9-6-10-26-15/h3-5,7-8,13,15,17H,6,9-12H2,1-2H3,(H,20,23)(H2,21,22,25)/t15-,17+/m1/s1. The van der Waals surface area contributed by atoms with E-state index in [-0.39, 0.29) is 12.0 Å². The van der Waals surface area contributed by atoms with Crippen molar-refractivity contribution < 1.29 is 23.9 Å². The number of carbonyl (C=O) groups is 3. The summed E-state index contributed by atoms with van der Waals surface area (Å²) in [4.78, 5) is 36.2. The molecule has 0 radical (unpaired) electrons. The van der Waals surface area contributed by atoms with E-state index in [1.165, 1.54) is 0 Å². The van der Waals surface area contributed by atoms with Crippen molar-refractivity contribution in [2.75, 3.05) is 25.1 Å². The lowest BCUT2D eigenvalue weighted by molar-refractivity contribution is -0.151. The second-order valence-corrected chi connectivity index (χ2v) is 6.73. The Balaban J connectivity index is 1.76. The van der Waals surface area contributed by atoms with E-state index in [0.717, 1.165) is 12.8 Å². The van der Waals surface area contributed by atoms with Crippen molar-refractivity contribution in [1.82, 2.24) is 10.6 Å². The average Bonchev–Trinajstić information content (AvgIpc) is 3.16. The summed E-state index contributed by atoms with van der Waals surface area (Å²) < 4.78 is 10.5. The third kappa shape index (κ3) is 7.26. The maximum Gasteiger partial charge on any atom is 0.329 e. The minimum Gasteiger partial charge on any atom is -0.454 e. The summed E-state index contributed by atoms with van der Waals surface area (Å²) in [7, 11) is 0. The number of ether oxygens (including phenoxy) is 2. The number of rotatable bonds is 8. The Bertz CT molecular complexity index is 629. The van der Waals surface area contributed by atoms with Crippen LogP contribution in [0.25, 0.3) is 0 Å². The third-order valence-corrected chi connectivity index (χ3v) is 4.14. The van der Waals surface area contributed by atoms with E-state index < -0.39 is 30.6 Å². The smallest absolute Gasteiger partial charge is 0.329 e. The number of amides is 3. The molecule has 3 N–H and O–H groups in total. The molecule has 0 unspecified atom stereocenters. The van der Waals surface area contributed by atoms with Crippen LogP contribution in [0, 0.1) is 5.92 Å². The Labute approximate surface area is 159 Å². The molecule has 8 nitrogen and oxygen atoms in total. The molecule has 1 fully saturated rings. The van der Waals surface area contributed by atoms with Gasteiger partial charge in [0.05, 0.1) is 6.10 Å². The van der Waals surface area contributed by atoms with Crippen molar-refractivity contribution in [3.05, 3.63) is 30.3 Å². The second-order valence-electron chi connectivity index (χ2n) is 6.73. The molecule has 0 aromatic heterocycles. The van der Waals surface area contributed by atoms with Crippen LogP contribution in [0.15, 0.2) is 30.3 Å². The Hall–Kier alpha value is -2.61. The first-order valence-corrected chi connectivity index (χ1v) is 9.13. The molecule has 1 saturated heterocycles. The summed E-state index contributed by atoms with van der Waals surface area (Å²) in [6.45, 7) is 4.29. The Morgan fingerprint density at radius 2 is 1.96 bits per heavy atom. The van der Waals surface area contributed by atoms with Gasteiger partial charge in [0.15, 0.2) is 6.61 Å². The summed E-state index contributed by atoms with van der Waals surface area (Å²) >= 11 is 0. The van der Waals surface area contributed by atoms with Crippen molar-refractivity contribution in [1.29, 1.82) is 0 Å². The quantitative estimate of drug-likeness (QED) is 0.598. The first-order chi connectivity index (χ1) is 13.0. The van der Waals surface area contributed by atoms with Gasteiger partial charge in [0.25, 0.3) is 5.91 Å². The molecule has 2 atom stereocenters. The number of urea groups is 1. The Kier molecular flexibility index (Phi) is 8.06. The zero-order chi connectivity index (χ0) is 19.6. The maximum atomic E-state index is 12.3. The largest absolute Gasteiger partial charge is 0.454 e. The number of esters is 1. The van der Waals surface area contributed by atoms with E-state index in [9.17, 15) is 14.4 Å². The molecule has 1 aromatic carbocycles. The summed E-state index contributed by atoms with van der Waals surface area (Å²) in [6.07, 6.45) is 1.93. The molecule has 8 heteroatoms. The molecule has 3 amide bonds. The highest BCUT2D eigenvalue weighted by atomic mass is 16.5. The van der Waals surface area contributed by atoms with E-state index in [1.54, 1.807) is 38.1 Å². The fourth-order valence-electron chi connectivity index (χ4n) is 2.64. The number of carbonyl (C=O) groups excluding carboxylic acids is 3. The van der Waals surface area contributed by atoms with Crippen LogP contribution in [0.3, 0.4) is 0 Å². The summed E-state index contributed by atoms with van der Waals surface area (Å²) in [5, 5.41) is 7.92. The van der Waals surface area contributed by atoms with Gasteiger partial charge in [-0.05, 0) is 30.9 Å². The molecule has 0 spiro atoms. The van der Waals surface area contributed by atoms with Crippen molar-refractivity contribution >= 4 is 23.6 Å². The molecule has 0 saturated carbocycles. The van der Waals surface area contributed by atoms with Crippen LogP contribution >= 0.6 is 0 Å². The second kappa shape index (κ2) is 10.5. The highest BCUT2D eigenvalue weighted by molar-refractivity contribution is 5.93. The van der Waals surface area contributed by atoms with Gasteiger partial charge < -0.3 is 25.4 Å². The van der Waals surface area contributed by atoms with E-state index in [0.29, 0.717) is 18.8 Å². The molecular formula is C19H27N3O5. The van der Waals surface area contributed by atoms with Gasteiger partial charge in [-0.1, -0.05) is 32.0 Å². The first-order valence-electron chi connectivity index (χ1n) is 9.13. The zero-order valence-corrected chi connectivity index (χ0v) is 15.7. The average molecular weight is 377 g/mol. The van der Waals surface area contributed by atoms with E-state index in [4.69, 9.17) is 9.47 Å². The summed E-state index contributed by atoms with van der Waals surface area (Å²) in [5.41, 5.74) is 0.611. The van der Waals surface area contributed by atoms with Crippen molar-refractivity contribution in [3.63, 3.8) is 0 Å². The van der Waals surface area contributed by atoms with Crippen LogP contribution in [0.5, 0.6) is 0 Å². The number of para-hydroxylation sites is 1. The molecule has 0 bridgehead atoms. The van der Waals surface area contributed by atoms with Crippen LogP contribution in [0.1, 0.15) is 26.7 Å². The monoisotopic (exact) mass is 377 g/mol. The number of hydrogen-bond acceptors (Lipinski definition) is 5. The number of nitrogens with one attached hydrogen (secondary N) is 3. The first kappa shape index (κ1) is 20.7. The predicted molar refractivity (Wildman–Crippen MR) is 100 cm³/mol. The van der Waals surface area contributed by atoms with Crippen molar-refractivity contribution in [3.8, 4) is 0 Å². The van der Waals surface area contributed by atoms with E-state index in [1.807, 2.05) is 6.07 Å². The van der Waals surface area contributed by atoms with Crippen molar-refractivity contribution in [2.45, 2.75) is 38.8 Å². The number of anilines is 1. The van der Waals surface area contributed by atoms with Gasteiger partial charge in [0, 0.05) is 18.8 Å². The van der Waals surface area contributed by atoms with Gasteiger partial charge in [-0.3, -0.25) is 4.79 Å². The zero-order valence-electron chi connectivity index (χ0n) is 15.7. The fraction of sp³-hybridized carbons (Fsp3) is 0.526. The number of hydrogen-bond donors (Lipinski definition) is 3. The van der Waals surface area contributed by atoms with Crippen molar-refractivity contribution in [2.24, 2.45) is 5.92 Å². The topological polar surface area (TPSA) is 106 Å². The lowest BCUT2D eigenvalue weighted by Crippen LogP contribution is -2.47. The highest BCUT2D eigenvalue weighted by Gasteiger charge is 2.26. The highest BCUT2D eigenvalue weighted by Crippen LogP contribution is 2.10. The lowest BCUT2D eigenvalue weighted by Gasteiger charge is -2.21. The minimum atomic E-state index is -0.861. The van der Waals surface area contributed by atoms with Crippen LogP contribution in [-0.4, -0.2) is 49.8 Å². The van der Waals surface area contributed by atoms with Gasteiger partial charge in [-0.2, -0.15) is 0 Å². The SMILES string of the molecule is CC(C)[C@H](NC(=O)Nc1ccccc1)C(=O)OCC(=O)NC[C@H]1CCCO1. The third-order valence-electron chi connectivity index (χ3n) is 4.14. The predicted octanol–water partition coefficient (Wildman–Crippen LogP) is 1.67. The van der Waals surface area contributed by atoms with Crippen LogP contribution in [0.4, 0.5) is 10.5 Å². The molecule has 2 rings (SSSR count).